The van der Waals surface area contributed by atoms with Crippen LogP contribution in [0.2, 0.25) is 0 Å². The summed E-state index contributed by atoms with van der Waals surface area (Å²) in [5.41, 5.74) is 3.14. The number of allylic oxidation sites excluding steroid dienone is 2. The molecule has 0 unspecified atom stereocenters. The van der Waals surface area contributed by atoms with E-state index < -0.39 is 5.91 Å². The van der Waals surface area contributed by atoms with E-state index in [2.05, 4.69) is 10.4 Å². The van der Waals surface area contributed by atoms with Crippen molar-refractivity contribution in [1.29, 1.82) is 0 Å². The number of nitrogens with one attached hydrogen (secondary N) is 1. The van der Waals surface area contributed by atoms with E-state index in [1.54, 1.807) is 10.7 Å². The number of fused-ring (bicyclic) bond motifs is 1. The number of imide groups is 1. The monoisotopic (exact) mass is 378 g/mol. The predicted molar refractivity (Wildman–Crippen MR) is 104 cm³/mol. The molecule has 1 aromatic heterocycles. The Morgan fingerprint density at radius 3 is 2.36 bits per heavy atom. The van der Waals surface area contributed by atoms with Crippen molar-refractivity contribution < 1.29 is 14.4 Å². The Labute approximate surface area is 163 Å². The molecule has 7 nitrogen and oxygen atoms in total. The number of carbonyl (C=O) groups is 3. The van der Waals surface area contributed by atoms with Crippen molar-refractivity contribution in [3.63, 3.8) is 0 Å². The number of aryl methyl sites for hydroxylation is 2. The molecule has 4 rings (SSSR count). The van der Waals surface area contributed by atoms with Gasteiger partial charge in [0.05, 0.1) is 28.9 Å². The summed E-state index contributed by atoms with van der Waals surface area (Å²) in [5, 5.41) is 7.30. The van der Waals surface area contributed by atoms with E-state index in [1.807, 2.05) is 50.3 Å². The van der Waals surface area contributed by atoms with Crippen LogP contribution in [0, 0.1) is 25.7 Å². The van der Waals surface area contributed by atoms with Crippen LogP contribution in [0.5, 0.6) is 0 Å². The lowest BCUT2D eigenvalue weighted by molar-refractivity contribution is -0.142. The molecular formula is C21H22N4O3. The zero-order valence-electron chi connectivity index (χ0n) is 15.9. The lowest BCUT2D eigenvalue weighted by Gasteiger charge is -2.16. The molecule has 0 radical (unpaired) electrons. The van der Waals surface area contributed by atoms with Crippen LogP contribution < -0.4 is 5.32 Å². The first-order valence-electron chi connectivity index (χ1n) is 9.38. The first-order chi connectivity index (χ1) is 13.5. The number of para-hydroxylation sites is 2. The number of amides is 3. The standard InChI is InChI=1S/C21H22N4O3/c1-13-11-14(2)25(23-13)18-10-6-5-9-17(18)22-19(26)12-24-20(27)15-7-3-4-8-16(15)21(24)28/h3-6,9-11,15-16H,7-8,12H2,1-2H3,(H,22,26)/t15-,16-/m0/s1. The number of nitrogens with zero attached hydrogens (tertiary/aromatic N) is 3. The first-order valence-corrected chi connectivity index (χ1v) is 9.38. The highest BCUT2D eigenvalue weighted by atomic mass is 16.2. The van der Waals surface area contributed by atoms with Gasteiger partial charge in [-0.05, 0) is 44.9 Å². The molecular weight excluding hydrogens is 356 g/mol. The van der Waals surface area contributed by atoms with Gasteiger partial charge in [0, 0.05) is 5.69 Å². The van der Waals surface area contributed by atoms with Gasteiger partial charge in [0.15, 0.2) is 0 Å². The zero-order valence-corrected chi connectivity index (χ0v) is 15.9. The Balaban J connectivity index is 1.52. The average Bonchev–Trinajstić information content (AvgIpc) is 3.14. The number of benzene rings is 1. The molecule has 1 aliphatic heterocycles. The minimum Gasteiger partial charge on any atom is -0.323 e. The highest BCUT2D eigenvalue weighted by Crippen LogP contribution is 2.35. The Morgan fingerprint density at radius 2 is 1.75 bits per heavy atom. The third-order valence-electron chi connectivity index (χ3n) is 5.32. The SMILES string of the molecule is Cc1cc(C)n(-c2ccccc2NC(=O)CN2C(=O)[C@H]3CC=CC[C@@H]3C2=O)n1. The minimum absolute atomic E-state index is 0.249. The number of anilines is 1. The number of carbonyl (C=O) groups excluding carboxylic acids is 3. The summed E-state index contributed by atoms with van der Waals surface area (Å²) in [6, 6.07) is 9.28. The van der Waals surface area contributed by atoms with E-state index in [0.717, 1.165) is 22.0 Å². The highest BCUT2D eigenvalue weighted by Gasteiger charge is 2.47. The summed E-state index contributed by atoms with van der Waals surface area (Å²) in [5.74, 6) is -1.55. The topological polar surface area (TPSA) is 84.3 Å². The molecule has 2 atom stereocenters. The largest absolute Gasteiger partial charge is 0.323 e. The molecule has 0 bridgehead atoms. The molecule has 2 heterocycles. The molecule has 3 amide bonds. The smallest absolute Gasteiger partial charge is 0.244 e. The molecule has 2 aromatic rings. The average molecular weight is 378 g/mol. The Morgan fingerprint density at radius 1 is 1.11 bits per heavy atom. The van der Waals surface area contributed by atoms with Gasteiger partial charge in [-0.3, -0.25) is 19.3 Å². The fraction of sp³-hybridized carbons (Fsp3) is 0.333. The van der Waals surface area contributed by atoms with Crippen LogP contribution >= 0.6 is 0 Å². The van der Waals surface area contributed by atoms with Gasteiger partial charge in [0.1, 0.15) is 6.54 Å². The summed E-state index contributed by atoms with van der Waals surface area (Å²) in [4.78, 5) is 38.8. The van der Waals surface area contributed by atoms with Crippen LogP contribution in [-0.2, 0) is 14.4 Å². The second-order valence-corrected chi connectivity index (χ2v) is 7.32. The van der Waals surface area contributed by atoms with E-state index in [4.69, 9.17) is 0 Å². The number of rotatable bonds is 4. The first kappa shape index (κ1) is 18.2. The number of aromatic nitrogens is 2. The van der Waals surface area contributed by atoms with Gasteiger partial charge in [-0.25, -0.2) is 4.68 Å². The van der Waals surface area contributed by atoms with E-state index in [1.165, 1.54) is 0 Å². The number of hydrogen-bond donors (Lipinski definition) is 1. The maximum Gasteiger partial charge on any atom is 0.244 e. The number of likely N-dealkylation sites (tertiary alicyclic amines) is 1. The van der Waals surface area contributed by atoms with Crippen molar-refractivity contribution in [3.05, 3.63) is 53.9 Å². The summed E-state index contributed by atoms with van der Waals surface area (Å²) in [6.45, 7) is 3.58. The summed E-state index contributed by atoms with van der Waals surface area (Å²) in [6.07, 6.45) is 4.99. The maximum atomic E-state index is 12.6. The van der Waals surface area contributed by atoms with Crippen LogP contribution in [0.25, 0.3) is 5.69 Å². The van der Waals surface area contributed by atoms with Crippen LogP contribution in [0.4, 0.5) is 5.69 Å². The van der Waals surface area contributed by atoms with Crippen molar-refractivity contribution in [1.82, 2.24) is 14.7 Å². The lowest BCUT2D eigenvalue weighted by Crippen LogP contribution is -2.38. The van der Waals surface area contributed by atoms with E-state index in [-0.39, 0.29) is 30.2 Å². The van der Waals surface area contributed by atoms with Gasteiger partial charge >= 0.3 is 0 Å². The maximum absolute atomic E-state index is 12.6. The van der Waals surface area contributed by atoms with Gasteiger partial charge in [0.2, 0.25) is 17.7 Å². The summed E-state index contributed by atoms with van der Waals surface area (Å²) < 4.78 is 1.76. The Kier molecular flexibility index (Phi) is 4.58. The van der Waals surface area contributed by atoms with Crippen molar-refractivity contribution in [2.24, 2.45) is 11.8 Å². The van der Waals surface area contributed by atoms with Crippen LogP contribution in [0.15, 0.2) is 42.5 Å². The quantitative estimate of drug-likeness (QED) is 0.654. The van der Waals surface area contributed by atoms with Gasteiger partial charge in [-0.1, -0.05) is 24.3 Å². The normalized spacial score (nSPS) is 21.1. The molecule has 1 N–H and O–H groups in total. The van der Waals surface area contributed by atoms with E-state index >= 15 is 0 Å². The van der Waals surface area contributed by atoms with Gasteiger partial charge in [-0.15, -0.1) is 0 Å². The van der Waals surface area contributed by atoms with E-state index in [9.17, 15) is 14.4 Å². The molecule has 1 saturated heterocycles. The second-order valence-electron chi connectivity index (χ2n) is 7.32. The third kappa shape index (κ3) is 3.13. The predicted octanol–water partition coefficient (Wildman–Crippen LogP) is 2.38. The highest BCUT2D eigenvalue weighted by molar-refractivity contribution is 6.09. The molecule has 1 aliphatic carbocycles. The summed E-state index contributed by atoms with van der Waals surface area (Å²) >= 11 is 0. The third-order valence-corrected chi connectivity index (χ3v) is 5.32. The Hall–Kier alpha value is -3.22. The van der Waals surface area contributed by atoms with E-state index in [0.29, 0.717) is 18.5 Å². The molecule has 144 valence electrons. The zero-order chi connectivity index (χ0) is 19.8. The van der Waals surface area contributed by atoms with Crippen LogP contribution in [0.1, 0.15) is 24.2 Å². The molecule has 0 saturated carbocycles. The van der Waals surface area contributed by atoms with Crippen molar-refractivity contribution >= 4 is 23.4 Å². The molecule has 1 fully saturated rings. The molecule has 0 spiro atoms. The fourth-order valence-corrected chi connectivity index (χ4v) is 3.99. The molecule has 2 aliphatic rings. The van der Waals surface area contributed by atoms with Crippen LogP contribution in [-0.4, -0.2) is 38.9 Å². The van der Waals surface area contributed by atoms with Gasteiger partial charge in [-0.2, -0.15) is 5.10 Å². The second kappa shape index (κ2) is 7.07. The Bertz CT molecular complexity index is 965. The molecule has 28 heavy (non-hydrogen) atoms. The molecule has 1 aromatic carbocycles. The van der Waals surface area contributed by atoms with Crippen molar-refractivity contribution in [2.75, 3.05) is 11.9 Å². The van der Waals surface area contributed by atoms with Crippen LogP contribution in [0.3, 0.4) is 0 Å². The lowest BCUT2D eigenvalue weighted by atomic mass is 9.85. The van der Waals surface area contributed by atoms with Crippen molar-refractivity contribution in [2.45, 2.75) is 26.7 Å². The summed E-state index contributed by atoms with van der Waals surface area (Å²) in [7, 11) is 0. The fourth-order valence-electron chi connectivity index (χ4n) is 3.99. The molecule has 7 heteroatoms. The number of hydrogen-bond acceptors (Lipinski definition) is 4. The minimum atomic E-state index is -0.401. The van der Waals surface area contributed by atoms with Crippen molar-refractivity contribution in [3.8, 4) is 5.69 Å². The van der Waals surface area contributed by atoms with Gasteiger partial charge < -0.3 is 5.32 Å². The van der Waals surface area contributed by atoms with Gasteiger partial charge in [0.25, 0.3) is 0 Å².